The Morgan fingerprint density at radius 3 is 1.36 bits per heavy atom. The highest BCUT2D eigenvalue weighted by atomic mass is 16.1. The van der Waals surface area contributed by atoms with Crippen LogP contribution >= 0.6 is 0 Å². The predicted octanol–water partition coefficient (Wildman–Crippen LogP) is 2.71. The van der Waals surface area contributed by atoms with Crippen molar-refractivity contribution in [2.24, 2.45) is 0 Å². The lowest BCUT2D eigenvalue weighted by molar-refractivity contribution is 0.0980. The molecule has 74 valence electrons. The highest BCUT2D eigenvalue weighted by Crippen LogP contribution is 2.17. The quantitative estimate of drug-likeness (QED) is 0.672. The van der Waals surface area contributed by atoms with Gasteiger partial charge in [0, 0.05) is 11.1 Å². The van der Waals surface area contributed by atoms with E-state index in [2.05, 4.69) is 0 Å². The summed E-state index contributed by atoms with van der Waals surface area (Å²) in [5, 5.41) is 0. The molecule has 0 aliphatic rings. The van der Waals surface area contributed by atoms with Crippen molar-refractivity contribution in [3.63, 3.8) is 0 Å². The van der Waals surface area contributed by atoms with Crippen LogP contribution in [0, 0.1) is 13.8 Å². The largest absolute Gasteiger partial charge is 0.294 e. The molecule has 2 heteroatoms. The second-order valence-electron chi connectivity index (χ2n) is 3.59. The summed E-state index contributed by atoms with van der Waals surface area (Å²) in [6, 6.07) is 3.57. The Morgan fingerprint density at radius 1 is 0.857 bits per heavy atom. The molecule has 0 bridgehead atoms. The van der Waals surface area contributed by atoms with Gasteiger partial charge in [-0.1, -0.05) is 0 Å². The summed E-state index contributed by atoms with van der Waals surface area (Å²) in [6.45, 7) is 6.84. The fourth-order valence-corrected chi connectivity index (χ4v) is 1.40. The Morgan fingerprint density at radius 2 is 1.14 bits per heavy atom. The van der Waals surface area contributed by atoms with Crippen LogP contribution < -0.4 is 0 Å². The first-order valence-corrected chi connectivity index (χ1v) is 4.56. The maximum Gasteiger partial charge on any atom is 0.160 e. The van der Waals surface area contributed by atoms with Crippen molar-refractivity contribution < 1.29 is 9.59 Å². The summed E-state index contributed by atoms with van der Waals surface area (Å²) >= 11 is 0. The van der Waals surface area contributed by atoms with Gasteiger partial charge in [0.2, 0.25) is 0 Å². The number of carbonyl (C=O) groups is 2. The smallest absolute Gasteiger partial charge is 0.160 e. The molecule has 2 nitrogen and oxygen atoms in total. The van der Waals surface area contributed by atoms with Crippen molar-refractivity contribution in [2.75, 3.05) is 0 Å². The lowest BCUT2D eigenvalue weighted by Gasteiger charge is -2.07. The number of carbonyl (C=O) groups excluding carboxylic acids is 2. The van der Waals surface area contributed by atoms with Crippen molar-refractivity contribution >= 4 is 11.6 Å². The van der Waals surface area contributed by atoms with Crippen LogP contribution in [0.2, 0.25) is 0 Å². The first kappa shape index (κ1) is 10.6. The van der Waals surface area contributed by atoms with E-state index in [1.54, 1.807) is 12.1 Å². The third-order valence-corrected chi connectivity index (χ3v) is 2.39. The van der Waals surface area contributed by atoms with Crippen LogP contribution in [0.15, 0.2) is 12.1 Å². The molecule has 1 aromatic rings. The van der Waals surface area contributed by atoms with Crippen LogP contribution in [0.5, 0.6) is 0 Å². The molecule has 1 rings (SSSR count). The molecular formula is C12H14O2. The van der Waals surface area contributed by atoms with E-state index in [1.165, 1.54) is 13.8 Å². The van der Waals surface area contributed by atoms with E-state index in [0.29, 0.717) is 11.1 Å². The highest BCUT2D eigenvalue weighted by Gasteiger charge is 2.12. The summed E-state index contributed by atoms with van der Waals surface area (Å²) in [5.74, 6) is -0.114. The van der Waals surface area contributed by atoms with Gasteiger partial charge in [-0.25, -0.2) is 0 Å². The Kier molecular flexibility index (Phi) is 2.84. The fraction of sp³-hybridized carbons (Fsp3) is 0.333. The zero-order valence-electron chi connectivity index (χ0n) is 8.97. The summed E-state index contributed by atoms with van der Waals surface area (Å²) in [7, 11) is 0. The minimum absolute atomic E-state index is 0.0571. The Balaban J connectivity index is 3.46. The van der Waals surface area contributed by atoms with Gasteiger partial charge in [0.15, 0.2) is 11.6 Å². The first-order chi connectivity index (χ1) is 6.43. The van der Waals surface area contributed by atoms with Gasteiger partial charge in [-0.05, 0) is 51.0 Å². The van der Waals surface area contributed by atoms with Gasteiger partial charge in [-0.15, -0.1) is 0 Å². The van der Waals surface area contributed by atoms with Crippen LogP contribution in [-0.2, 0) is 0 Å². The molecule has 0 spiro atoms. The van der Waals surface area contributed by atoms with Crippen LogP contribution in [0.25, 0.3) is 0 Å². The molecule has 0 fully saturated rings. The molecule has 0 heterocycles. The van der Waals surface area contributed by atoms with Gasteiger partial charge in [0.1, 0.15) is 0 Å². The third-order valence-electron chi connectivity index (χ3n) is 2.39. The van der Waals surface area contributed by atoms with Gasteiger partial charge < -0.3 is 0 Å². The van der Waals surface area contributed by atoms with E-state index in [1.807, 2.05) is 13.8 Å². The standard InChI is InChI=1S/C12H14O2/c1-7-5-11(9(3)13)12(10(4)14)6-8(7)2/h5-6H,1-4H3. The lowest BCUT2D eigenvalue weighted by Crippen LogP contribution is -2.05. The van der Waals surface area contributed by atoms with E-state index in [-0.39, 0.29) is 11.6 Å². The molecule has 0 unspecified atom stereocenters. The molecule has 0 amide bonds. The zero-order chi connectivity index (χ0) is 10.9. The normalized spacial score (nSPS) is 10.0. The van der Waals surface area contributed by atoms with Crippen molar-refractivity contribution in [3.05, 3.63) is 34.4 Å². The van der Waals surface area contributed by atoms with Gasteiger partial charge in [-0.3, -0.25) is 9.59 Å². The van der Waals surface area contributed by atoms with E-state index < -0.39 is 0 Å². The Hall–Kier alpha value is -1.44. The maximum atomic E-state index is 11.3. The van der Waals surface area contributed by atoms with Crippen LogP contribution in [0.1, 0.15) is 45.7 Å². The van der Waals surface area contributed by atoms with Gasteiger partial charge in [-0.2, -0.15) is 0 Å². The van der Waals surface area contributed by atoms with Gasteiger partial charge in [0.25, 0.3) is 0 Å². The summed E-state index contributed by atoms with van der Waals surface area (Å²) in [5.41, 5.74) is 3.14. The molecule has 0 atom stereocenters. The second kappa shape index (κ2) is 3.74. The van der Waals surface area contributed by atoms with Crippen molar-refractivity contribution in [2.45, 2.75) is 27.7 Å². The molecule has 0 radical (unpaired) electrons. The van der Waals surface area contributed by atoms with Crippen molar-refractivity contribution in [3.8, 4) is 0 Å². The van der Waals surface area contributed by atoms with E-state index in [9.17, 15) is 9.59 Å². The second-order valence-corrected chi connectivity index (χ2v) is 3.59. The molecular weight excluding hydrogens is 176 g/mol. The topological polar surface area (TPSA) is 34.1 Å². The molecule has 0 aromatic heterocycles. The van der Waals surface area contributed by atoms with Gasteiger partial charge in [0.05, 0.1) is 0 Å². The predicted molar refractivity (Wildman–Crippen MR) is 55.9 cm³/mol. The number of rotatable bonds is 2. The van der Waals surface area contributed by atoms with E-state index >= 15 is 0 Å². The molecule has 0 aliphatic carbocycles. The SMILES string of the molecule is CC(=O)c1cc(C)c(C)cc1C(C)=O. The summed E-state index contributed by atoms with van der Waals surface area (Å²) < 4.78 is 0. The molecule has 1 aromatic carbocycles. The van der Waals surface area contributed by atoms with E-state index in [4.69, 9.17) is 0 Å². The minimum Gasteiger partial charge on any atom is -0.294 e. The number of hydrogen-bond acceptors (Lipinski definition) is 2. The van der Waals surface area contributed by atoms with Crippen molar-refractivity contribution in [1.82, 2.24) is 0 Å². The van der Waals surface area contributed by atoms with Crippen LogP contribution in [-0.4, -0.2) is 11.6 Å². The molecule has 0 saturated carbocycles. The number of ketones is 2. The average molecular weight is 190 g/mol. The zero-order valence-corrected chi connectivity index (χ0v) is 8.97. The first-order valence-electron chi connectivity index (χ1n) is 4.56. The van der Waals surface area contributed by atoms with Crippen molar-refractivity contribution in [1.29, 1.82) is 0 Å². The molecule has 14 heavy (non-hydrogen) atoms. The minimum atomic E-state index is -0.0571. The molecule has 0 N–H and O–H groups in total. The number of hydrogen-bond donors (Lipinski definition) is 0. The van der Waals surface area contributed by atoms with Gasteiger partial charge >= 0.3 is 0 Å². The van der Waals surface area contributed by atoms with Crippen LogP contribution in [0.3, 0.4) is 0 Å². The van der Waals surface area contributed by atoms with E-state index in [0.717, 1.165) is 11.1 Å². The highest BCUT2D eigenvalue weighted by molar-refractivity contribution is 6.07. The summed E-state index contributed by atoms with van der Waals surface area (Å²) in [6.07, 6.45) is 0. The number of aryl methyl sites for hydroxylation is 2. The maximum absolute atomic E-state index is 11.3. The fourth-order valence-electron chi connectivity index (χ4n) is 1.40. The lowest BCUT2D eigenvalue weighted by atomic mass is 9.96. The Bertz CT molecular complexity index is 364. The third kappa shape index (κ3) is 1.90. The molecule has 0 saturated heterocycles. The Labute approximate surface area is 83.9 Å². The average Bonchev–Trinajstić information content (AvgIpc) is 2.08. The number of benzene rings is 1. The molecule has 0 aliphatic heterocycles. The summed E-state index contributed by atoms with van der Waals surface area (Å²) in [4.78, 5) is 22.6. The monoisotopic (exact) mass is 190 g/mol. The van der Waals surface area contributed by atoms with Crippen LogP contribution in [0.4, 0.5) is 0 Å². The number of Topliss-reactive ketones (excluding diaryl/α,β-unsaturated/α-hetero) is 2.